The van der Waals surface area contributed by atoms with Crippen LogP contribution in [0.4, 0.5) is 17.6 Å². The Bertz CT molecular complexity index is 581. The predicted octanol–water partition coefficient (Wildman–Crippen LogP) is 3.48. The average molecular weight is 284 g/mol. The Kier molecular flexibility index (Phi) is 4.04. The molecule has 2 rings (SSSR count). The van der Waals surface area contributed by atoms with Gasteiger partial charge in [-0.3, -0.25) is 4.98 Å². The minimum atomic E-state index is -4.73. The van der Waals surface area contributed by atoms with E-state index in [1.165, 1.54) is 6.07 Å². The lowest BCUT2D eigenvalue weighted by molar-refractivity contribution is -0.140. The van der Waals surface area contributed by atoms with Crippen LogP contribution in [0.25, 0.3) is 0 Å². The molecule has 0 saturated heterocycles. The summed E-state index contributed by atoms with van der Waals surface area (Å²) >= 11 is 0. The average Bonchev–Trinajstić information content (AvgIpc) is 2.39. The minimum absolute atomic E-state index is 0.246. The van der Waals surface area contributed by atoms with Crippen molar-refractivity contribution in [2.75, 3.05) is 0 Å². The van der Waals surface area contributed by atoms with E-state index in [2.05, 4.69) is 4.98 Å². The number of halogens is 4. The number of hydrogen-bond donors (Lipinski definition) is 1. The zero-order valence-electron chi connectivity index (χ0n) is 10.4. The lowest BCUT2D eigenvalue weighted by Crippen LogP contribution is -2.16. The molecule has 0 amide bonds. The molecule has 0 aliphatic rings. The SMILES string of the molecule is NC(Cc1ccncc1)c1ccc(F)c(C(F)(F)F)c1. The summed E-state index contributed by atoms with van der Waals surface area (Å²) in [7, 11) is 0. The maximum absolute atomic E-state index is 13.2. The molecular weight excluding hydrogens is 272 g/mol. The van der Waals surface area contributed by atoms with Crippen molar-refractivity contribution in [1.82, 2.24) is 4.98 Å². The molecule has 2 nitrogen and oxygen atoms in total. The molecule has 20 heavy (non-hydrogen) atoms. The normalized spacial score (nSPS) is 13.2. The summed E-state index contributed by atoms with van der Waals surface area (Å²) < 4.78 is 51.1. The van der Waals surface area contributed by atoms with Crippen LogP contribution in [0.5, 0.6) is 0 Å². The molecule has 6 heteroatoms. The molecule has 0 spiro atoms. The quantitative estimate of drug-likeness (QED) is 0.876. The molecule has 0 aliphatic carbocycles. The molecule has 1 heterocycles. The number of aromatic nitrogens is 1. The van der Waals surface area contributed by atoms with E-state index in [0.717, 1.165) is 17.7 Å². The second-order valence-corrected chi connectivity index (χ2v) is 4.40. The van der Waals surface area contributed by atoms with Crippen molar-refractivity contribution in [1.29, 1.82) is 0 Å². The van der Waals surface area contributed by atoms with Crippen molar-refractivity contribution in [3.63, 3.8) is 0 Å². The maximum atomic E-state index is 13.2. The van der Waals surface area contributed by atoms with Crippen LogP contribution in [0.1, 0.15) is 22.7 Å². The zero-order valence-corrected chi connectivity index (χ0v) is 10.4. The third-order valence-corrected chi connectivity index (χ3v) is 2.93. The van der Waals surface area contributed by atoms with Crippen molar-refractivity contribution in [2.45, 2.75) is 18.6 Å². The summed E-state index contributed by atoms with van der Waals surface area (Å²) in [6.45, 7) is 0. The molecule has 106 valence electrons. The number of hydrogen-bond acceptors (Lipinski definition) is 2. The molecule has 0 aliphatic heterocycles. The first-order valence-electron chi connectivity index (χ1n) is 5.89. The predicted molar refractivity (Wildman–Crippen MR) is 66.3 cm³/mol. The van der Waals surface area contributed by atoms with Crippen LogP contribution >= 0.6 is 0 Å². The second kappa shape index (κ2) is 5.58. The van der Waals surface area contributed by atoms with Crippen LogP contribution < -0.4 is 5.73 Å². The Morgan fingerprint density at radius 3 is 2.35 bits per heavy atom. The number of nitrogens with two attached hydrogens (primary N) is 1. The van der Waals surface area contributed by atoms with E-state index in [-0.39, 0.29) is 5.56 Å². The molecule has 2 N–H and O–H groups in total. The second-order valence-electron chi connectivity index (χ2n) is 4.40. The lowest BCUT2D eigenvalue weighted by atomic mass is 9.98. The molecule has 1 unspecified atom stereocenters. The first-order valence-corrected chi connectivity index (χ1v) is 5.89. The van der Waals surface area contributed by atoms with Crippen LogP contribution in [0.15, 0.2) is 42.7 Å². The third kappa shape index (κ3) is 3.33. The highest BCUT2D eigenvalue weighted by molar-refractivity contribution is 5.30. The van der Waals surface area contributed by atoms with Gasteiger partial charge in [0.25, 0.3) is 0 Å². The van der Waals surface area contributed by atoms with Crippen LogP contribution in [0, 0.1) is 5.82 Å². The molecule has 1 aromatic carbocycles. The van der Waals surface area contributed by atoms with Crippen molar-refractivity contribution >= 4 is 0 Å². The van der Waals surface area contributed by atoms with Gasteiger partial charge in [-0.25, -0.2) is 4.39 Å². The first kappa shape index (κ1) is 14.5. The van der Waals surface area contributed by atoms with Crippen molar-refractivity contribution in [3.05, 3.63) is 65.2 Å². The molecule has 0 saturated carbocycles. The topological polar surface area (TPSA) is 38.9 Å². The highest BCUT2D eigenvalue weighted by atomic mass is 19.4. The van der Waals surface area contributed by atoms with E-state index >= 15 is 0 Å². The Morgan fingerprint density at radius 1 is 1.10 bits per heavy atom. The fourth-order valence-electron chi connectivity index (χ4n) is 1.88. The number of rotatable bonds is 3. The Balaban J connectivity index is 2.25. The van der Waals surface area contributed by atoms with Crippen LogP contribution in [0.3, 0.4) is 0 Å². The van der Waals surface area contributed by atoms with Crippen molar-refractivity contribution < 1.29 is 17.6 Å². The van der Waals surface area contributed by atoms with Gasteiger partial charge in [-0.1, -0.05) is 6.07 Å². The monoisotopic (exact) mass is 284 g/mol. The van der Waals surface area contributed by atoms with E-state index in [0.29, 0.717) is 6.42 Å². The molecule has 0 bridgehead atoms. The van der Waals surface area contributed by atoms with Crippen LogP contribution in [0.2, 0.25) is 0 Å². The van der Waals surface area contributed by atoms with Crippen LogP contribution in [-0.4, -0.2) is 4.98 Å². The highest BCUT2D eigenvalue weighted by Gasteiger charge is 2.34. The van der Waals surface area contributed by atoms with Gasteiger partial charge in [0, 0.05) is 18.4 Å². The Morgan fingerprint density at radius 2 is 1.75 bits per heavy atom. The number of benzene rings is 1. The summed E-state index contributed by atoms with van der Waals surface area (Å²) in [6, 6.07) is 5.66. The number of nitrogens with zero attached hydrogens (tertiary/aromatic N) is 1. The van der Waals surface area contributed by atoms with Gasteiger partial charge in [-0.15, -0.1) is 0 Å². The maximum Gasteiger partial charge on any atom is 0.419 e. The largest absolute Gasteiger partial charge is 0.419 e. The molecule has 0 radical (unpaired) electrons. The summed E-state index contributed by atoms with van der Waals surface area (Å²) in [6.07, 6.45) is -1.22. The highest BCUT2D eigenvalue weighted by Crippen LogP contribution is 2.33. The summed E-state index contributed by atoms with van der Waals surface area (Å²) in [5.74, 6) is -1.29. The molecule has 0 fully saturated rings. The van der Waals surface area contributed by atoms with Gasteiger partial charge in [0.1, 0.15) is 5.82 Å². The van der Waals surface area contributed by atoms with Crippen molar-refractivity contribution in [3.8, 4) is 0 Å². The number of pyridine rings is 1. The van der Waals surface area contributed by atoms with Crippen molar-refractivity contribution in [2.24, 2.45) is 5.73 Å². The lowest BCUT2D eigenvalue weighted by Gasteiger charge is -2.15. The van der Waals surface area contributed by atoms with E-state index in [4.69, 9.17) is 5.73 Å². The van der Waals surface area contributed by atoms with Gasteiger partial charge >= 0.3 is 6.18 Å². The smallest absolute Gasteiger partial charge is 0.324 e. The summed E-state index contributed by atoms with van der Waals surface area (Å²) in [4.78, 5) is 3.84. The van der Waals surface area contributed by atoms with Gasteiger partial charge < -0.3 is 5.73 Å². The molecule has 1 aromatic heterocycles. The summed E-state index contributed by atoms with van der Waals surface area (Å²) in [5.41, 5.74) is 5.69. The molecular formula is C14H12F4N2. The van der Waals surface area contributed by atoms with Crippen LogP contribution in [-0.2, 0) is 12.6 Å². The van der Waals surface area contributed by atoms with Gasteiger partial charge in [-0.05, 0) is 41.8 Å². The number of alkyl halides is 3. The fraction of sp³-hybridized carbons (Fsp3) is 0.214. The van der Waals surface area contributed by atoms with E-state index in [1.54, 1.807) is 24.5 Å². The summed E-state index contributed by atoms with van der Waals surface area (Å²) in [5, 5.41) is 0. The minimum Gasteiger partial charge on any atom is -0.324 e. The van der Waals surface area contributed by atoms with Gasteiger partial charge in [0.2, 0.25) is 0 Å². The third-order valence-electron chi connectivity index (χ3n) is 2.93. The Hall–Kier alpha value is -1.95. The van der Waals surface area contributed by atoms with E-state index in [1.807, 2.05) is 0 Å². The first-order chi connectivity index (χ1) is 9.38. The van der Waals surface area contributed by atoms with Gasteiger partial charge in [0.05, 0.1) is 5.56 Å². The molecule has 2 aromatic rings. The van der Waals surface area contributed by atoms with Gasteiger partial charge in [-0.2, -0.15) is 13.2 Å². The zero-order chi connectivity index (χ0) is 14.8. The van der Waals surface area contributed by atoms with E-state index in [9.17, 15) is 17.6 Å². The van der Waals surface area contributed by atoms with E-state index < -0.39 is 23.6 Å². The Labute approximate surface area is 113 Å². The molecule has 1 atom stereocenters. The fourth-order valence-corrected chi connectivity index (χ4v) is 1.88. The van der Waals surface area contributed by atoms with Gasteiger partial charge in [0.15, 0.2) is 0 Å². The standard InChI is InChI=1S/C14H12F4N2/c15-12-2-1-10(8-11(12)14(16,17)18)13(19)7-9-3-5-20-6-4-9/h1-6,8,13H,7,19H2.